The molecule has 2 aromatic carbocycles. The third kappa shape index (κ3) is 2.05. The molecule has 0 saturated carbocycles. The summed E-state index contributed by atoms with van der Waals surface area (Å²) in [6, 6.07) is 9.69. The van der Waals surface area contributed by atoms with Crippen molar-refractivity contribution in [3.63, 3.8) is 0 Å². The Labute approximate surface area is 131 Å². The molecular weight excluding hydrogens is 302 g/mol. The predicted molar refractivity (Wildman–Crippen MR) is 80.2 cm³/mol. The van der Waals surface area contributed by atoms with Crippen LogP contribution in [0.15, 0.2) is 42.5 Å². The fourth-order valence-corrected chi connectivity index (χ4v) is 3.34. The van der Waals surface area contributed by atoms with E-state index in [9.17, 15) is 13.6 Å². The van der Waals surface area contributed by atoms with E-state index in [1.807, 2.05) is 18.2 Å². The Hall–Kier alpha value is -2.63. The van der Waals surface area contributed by atoms with Gasteiger partial charge in [-0.15, -0.1) is 0 Å². The van der Waals surface area contributed by atoms with Crippen LogP contribution in [0.2, 0.25) is 0 Å². The second-order valence-electron chi connectivity index (χ2n) is 5.95. The van der Waals surface area contributed by atoms with Gasteiger partial charge in [0, 0.05) is 18.1 Å². The van der Waals surface area contributed by atoms with Crippen molar-refractivity contribution in [1.82, 2.24) is 5.32 Å². The zero-order valence-electron chi connectivity index (χ0n) is 12.3. The number of urea groups is 1. The van der Waals surface area contributed by atoms with Gasteiger partial charge in [-0.3, -0.25) is 4.90 Å². The highest BCUT2D eigenvalue weighted by Gasteiger charge is 2.50. The number of benzene rings is 2. The molecule has 4 nitrogen and oxygen atoms in total. The number of anilines is 1. The fourth-order valence-electron chi connectivity index (χ4n) is 3.34. The average molecular weight is 316 g/mol. The quantitative estimate of drug-likeness (QED) is 0.871. The first kappa shape index (κ1) is 14.0. The van der Waals surface area contributed by atoms with Gasteiger partial charge in [0.2, 0.25) is 0 Å². The molecule has 4 rings (SSSR count). The summed E-state index contributed by atoms with van der Waals surface area (Å²) in [5.41, 5.74) is -0.337. The number of carbonyl (C=O) groups excluding carboxylic acids is 1. The van der Waals surface area contributed by atoms with E-state index in [0.717, 1.165) is 28.7 Å². The van der Waals surface area contributed by atoms with Crippen molar-refractivity contribution in [2.24, 2.45) is 0 Å². The van der Waals surface area contributed by atoms with Crippen molar-refractivity contribution in [3.05, 3.63) is 59.7 Å². The van der Waals surface area contributed by atoms with Crippen LogP contribution >= 0.6 is 0 Å². The van der Waals surface area contributed by atoms with E-state index < -0.39 is 23.4 Å². The maximum absolute atomic E-state index is 14.2. The van der Waals surface area contributed by atoms with Gasteiger partial charge < -0.3 is 10.1 Å². The molecule has 1 fully saturated rings. The summed E-state index contributed by atoms with van der Waals surface area (Å²) >= 11 is 0. The molecule has 1 N–H and O–H groups in total. The molecule has 0 unspecified atom stereocenters. The summed E-state index contributed by atoms with van der Waals surface area (Å²) in [6.45, 7) is 1.71. The van der Waals surface area contributed by atoms with Crippen LogP contribution in [-0.4, -0.2) is 11.8 Å². The molecule has 23 heavy (non-hydrogen) atoms. The third-order valence-corrected chi connectivity index (χ3v) is 4.33. The van der Waals surface area contributed by atoms with Crippen molar-refractivity contribution >= 4 is 11.7 Å². The molecule has 0 spiro atoms. The van der Waals surface area contributed by atoms with Crippen LogP contribution < -0.4 is 15.0 Å². The molecule has 2 amide bonds. The van der Waals surface area contributed by atoms with E-state index in [4.69, 9.17) is 4.74 Å². The van der Waals surface area contributed by atoms with E-state index in [1.54, 1.807) is 13.0 Å². The molecule has 0 aliphatic carbocycles. The number of halogens is 2. The highest BCUT2D eigenvalue weighted by Crippen LogP contribution is 2.45. The zero-order valence-corrected chi connectivity index (χ0v) is 12.3. The lowest BCUT2D eigenvalue weighted by molar-refractivity contribution is 0.0373. The van der Waals surface area contributed by atoms with Crippen molar-refractivity contribution in [1.29, 1.82) is 0 Å². The largest absolute Gasteiger partial charge is 0.467 e. The molecule has 2 aromatic rings. The first-order chi connectivity index (χ1) is 11.0. The van der Waals surface area contributed by atoms with Gasteiger partial charge in [-0.05, 0) is 25.1 Å². The highest BCUT2D eigenvalue weighted by atomic mass is 19.1. The van der Waals surface area contributed by atoms with Crippen molar-refractivity contribution in [2.75, 3.05) is 4.90 Å². The lowest BCUT2D eigenvalue weighted by Gasteiger charge is -2.50. The minimum absolute atomic E-state index is 0.136. The summed E-state index contributed by atoms with van der Waals surface area (Å²) in [4.78, 5) is 13.7. The Bertz CT molecular complexity index is 811. The van der Waals surface area contributed by atoms with Crippen LogP contribution in [0.3, 0.4) is 0 Å². The van der Waals surface area contributed by atoms with E-state index >= 15 is 0 Å². The van der Waals surface area contributed by atoms with Gasteiger partial charge in [-0.1, -0.05) is 18.2 Å². The topological polar surface area (TPSA) is 41.6 Å². The minimum atomic E-state index is -1.09. The number of rotatable bonds is 1. The Balaban J connectivity index is 1.84. The minimum Gasteiger partial charge on any atom is -0.467 e. The number of para-hydroxylation sites is 1. The lowest BCUT2D eigenvalue weighted by Crippen LogP contribution is -2.65. The number of hydrogen-bond donors (Lipinski definition) is 1. The molecule has 0 aromatic heterocycles. The summed E-state index contributed by atoms with van der Waals surface area (Å²) < 4.78 is 33.7. The maximum atomic E-state index is 14.2. The number of nitrogens with one attached hydrogen (secondary N) is 1. The van der Waals surface area contributed by atoms with Gasteiger partial charge in [-0.2, -0.15) is 0 Å². The van der Waals surface area contributed by atoms with E-state index in [0.29, 0.717) is 12.2 Å². The van der Waals surface area contributed by atoms with Gasteiger partial charge in [-0.25, -0.2) is 13.6 Å². The number of fused-ring (bicyclic) bond motifs is 4. The number of nitrogens with zero attached hydrogens (tertiary/aromatic N) is 1. The molecule has 2 aliphatic heterocycles. The molecule has 2 heterocycles. The highest BCUT2D eigenvalue weighted by molar-refractivity contribution is 5.95. The van der Waals surface area contributed by atoms with Crippen LogP contribution in [0.1, 0.15) is 24.9 Å². The van der Waals surface area contributed by atoms with Gasteiger partial charge in [0.25, 0.3) is 0 Å². The van der Waals surface area contributed by atoms with Gasteiger partial charge in [0.15, 0.2) is 5.72 Å². The molecule has 6 heteroatoms. The molecule has 2 atom stereocenters. The van der Waals surface area contributed by atoms with E-state index in [2.05, 4.69) is 5.32 Å². The Morgan fingerprint density at radius 2 is 2.04 bits per heavy atom. The number of hydrogen-bond acceptors (Lipinski definition) is 2. The molecular formula is C17H14F2N2O2. The number of ether oxygens (including phenoxy) is 1. The lowest BCUT2D eigenvalue weighted by atomic mass is 9.90. The smallest absolute Gasteiger partial charge is 0.325 e. The summed E-state index contributed by atoms with van der Waals surface area (Å²) in [5.74, 6) is -0.659. The standard InChI is InChI=1S/C17H14F2N2O2/c1-17-9-13(11-4-2-3-5-15(11)23-17)20-16(22)21(17)14-8-10(18)6-7-12(14)19/h2-8,13H,9H2,1H3,(H,20,22)/t13-,17-/m0/s1. The SMILES string of the molecule is C[C@]12C[C@H](NC(=O)N1c1cc(F)ccc1F)c1ccccc1O2. The Morgan fingerprint density at radius 3 is 2.87 bits per heavy atom. The zero-order chi connectivity index (χ0) is 16.2. The average Bonchev–Trinajstić information content (AvgIpc) is 2.50. The fraction of sp³-hybridized carbons (Fsp3) is 0.235. The molecule has 1 saturated heterocycles. The first-order valence-electron chi connectivity index (χ1n) is 7.32. The predicted octanol–water partition coefficient (Wildman–Crippen LogP) is 3.73. The number of amides is 2. The monoisotopic (exact) mass is 316 g/mol. The second kappa shape index (κ2) is 4.68. The summed E-state index contributed by atoms with van der Waals surface area (Å²) in [5, 5.41) is 2.84. The summed E-state index contributed by atoms with van der Waals surface area (Å²) in [6.07, 6.45) is 0.436. The van der Waals surface area contributed by atoms with Crippen molar-refractivity contribution in [3.8, 4) is 5.75 Å². The third-order valence-electron chi connectivity index (χ3n) is 4.33. The molecule has 2 aliphatic rings. The van der Waals surface area contributed by atoms with Crippen LogP contribution in [0.25, 0.3) is 0 Å². The normalized spacial score (nSPS) is 25.4. The summed E-state index contributed by atoms with van der Waals surface area (Å²) in [7, 11) is 0. The molecule has 118 valence electrons. The first-order valence-corrected chi connectivity index (χ1v) is 7.32. The van der Waals surface area contributed by atoms with Crippen LogP contribution in [0, 0.1) is 11.6 Å². The Morgan fingerprint density at radius 1 is 1.26 bits per heavy atom. The van der Waals surface area contributed by atoms with Crippen LogP contribution in [-0.2, 0) is 0 Å². The van der Waals surface area contributed by atoms with Gasteiger partial charge in [0.1, 0.15) is 17.4 Å². The van der Waals surface area contributed by atoms with E-state index in [1.165, 1.54) is 0 Å². The van der Waals surface area contributed by atoms with Crippen LogP contribution in [0.4, 0.5) is 19.3 Å². The van der Waals surface area contributed by atoms with E-state index in [-0.39, 0.29) is 11.7 Å². The number of carbonyl (C=O) groups is 1. The molecule has 0 radical (unpaired) electrons. The second-order valence-corrected chi connectivity index (χ2v) is 5.95. The Kier molecular flexibility index (Phi) is 2.85. The van der Waals surface area contributed by atoms with Crippen LogP contribution in [0.5, 0.6) is 5.75 Å². The maximum Gasteiger partial charge on any atom is 0.325 e. The van der Waals surface area contributed by atoms with Gasteiger partial charge >= 0.3 is 6.03 Å². The van der Waals surface area contributed by atoms with Crippen molar-refractivity contribution in [2.45, 2.75) is 25.1 Å². The molecule has 2 bridgehead atoms. The van der Waals surface area contributed by atoms with Crippen molar-refractivity contribution < 1.29 is 18.3 Å². The van der Waals surface area contributed by atoms with Gasteiger partial charge in [0.05, 0.1) is 11.7 Å².